The van der Waals surface area contributed by atoms with Gasteiger partial charge in [0.25, 0.3) is 21.6 Å². The van der Waals surface area contributed by atoms with Crippen LogP contribution in [-0.4, -0.2) is 31.5 Å². The van der Waals surface area contributed by atoms with Gasteiger partial charge in [0, 0.05) is 28.8 Å². The normalized spacial score (nSPS) is 11.1. The molecule has 1 amide bonds. The highest BCUT2D eigenvalue weighted by molar-refractivity contribution is 7.99. The number of nitrogens with one attached hydrogen (secondary N) is 2. The van der Waals surface area contributed by atoms with Gasteiger partial charge in [-0.05, 0) is 60.0 Å². The number of aryl methyl sites for hydroxylation is 1. The van der Waals surface area contributed by atoms with Crippen LogP contribution in [0.25, 0.3) is 11.1 Å². The predicted octanol–water partition coefficient (Wildman–Crippen LogP) is 5.89. The van der Waals surface area contributed by atoms with Crippen LogP contribution in [0.2, 0.25) is 0 Å². The highest BCUT2D eigenvalue weighted by atomic mass is 32.2. The van der Waals surface area contributed by atoms with Gasteiger partial charge in [-0.2, -0.15) is 0 Å². The number of thioether (sulfide) groups is 1. The monoisotopic (exact) mass is 547 g/mol. The number of rotatable bonds is 10. The number of benzene rings is 4. The smallest absolute Gasteiger partial charge is 0.293 e. The molecule has 0 bridgehead atoms. The lowest BCUT2D eigenvalue weighted by atomic mass is 9.98. The molecule has 8 nitrogen and oxygen atoms in total. The van der Waals surface area contributed by atoms with Gasteiger partial charge in [-0.15, -0.1) is 11.8 Å². The van der Waals surface area contributed by atoms with Crippen molar-refractivity contribution >= 4 is 39.1 Å². The van der Waals surface area contributed by atoms with Crippen LogP contribution in [-0.2, 0) is 10.0 Å². The Hall–Kier alpha value is -4.15. The van der Waals surface area contributed by atoms with Crippen molar-refractivity contribution in [1.29, 1.82) is 0 Å². The quantitative estimate of drug-likeness (QED) is 0.110. The number of nitrogens with zero attached hydrogens (tertiary/aromatic N) is 1. The number of sulfonamides is 1. The minimum absolute atomic E-state index is 0.162. The maximum Gasteiger partial charge on any atom is 0.293 e. The van der Waals surface area contributed by atoms with Crippen LogP contribution in [0.5, 0.6) is 0 Å². The molecule has 10 heteroatoms. The van der Waals surface area contributed by atoms with E-state index in [4.69, 9.17) is 0 Å². The van der Waals surface area contributed by atoms with E-state index in [1.165, 1.54) is 12.1 Å². The molecule has 0 radical (unpaired) electrons. The molecule has 2 N–H and O–H groups in total. The Morgan fingerprint density at radius 2 is 1.61 bits per heavy atom. The zero-order valence-corrected chi connectivity index (χ0v) is 22.1. The van der Waals surface area contributed by atoms with Crippen LogP contribution in [0.4, 0.5) is 11.4 Å². The zero-order valence-electron chi connectivity index (χ0n) is 20.5. The van der Waals surface area contributed by atoms with Crippen LogP contribution in [0.1, 0.15) is 15.9 Å². The van der Waals surface area contributed by atoms with Crippen molar-refractivity contribution in [3.05, 3.63) is 118 Å². The van der Waals surface area contributed by atoms with Crippen molar-refractivity contribution < 1.29 is 18.1 Å². The van der Waals surface area contributed by atoms with Gasteiger partial charge in [0.05, 0.1) is 9.82 Å². The zero-order chi connectivity index (χ0) is 27.1. The third-order valence-corrected chi connectivity index (χ3v) is 8.05. The summed E-state index contributed by atoms with van der Waals surface area (Å²) in [6.07, 6.45) is 0. The first-order valence-corrected chi connectivity index (χ1v) is 14.1. The van der Waals surface area contributed by atoms with E-state index in [1.807, 2.05) is 72.3 Å². The second-order valence-corrected chi connectivity index (χ2v) is 11.2. The standard InChI is InChI=1S/C28H25N3O5S2/c1-20-18-22(12-14-25(20)21-8-4-2-5-9-21)28(32)30-38(35,36)24-13-15-26(27(19-24)31(33)34)29-16-17-37-23-10-6-3-7-11-23/h2-15,18-19,29H,16-17H2,1H3,(H,30,32). The molecule has 0 unspecified atom stereocenters. The Bertz CT molecular complexity index is 1560. The number of hydrogen-bond donors (Lipinski definition) is 2. The summed E-state index contributed by atoms with van der Waals surface area (Å²) in [5, 5.41) is 14.7. The average molecular weight is 548 g/mol. The van der Waals surface area contributed by atoms with Gasteiger partial charge in [0.2, 0.25) is 0 Å². The van der Waals surface area contributed by atoms with Crippen LogP contribution in [0.15, 0.2) is 107 Å². The molecular weight excluding hydrogens is 522 g/mol. The summed E-state index contributed by atoms with van der Waals surface area (Å²) in [4.78, 5) is 24.5. The molecule has 0 aliphatic heterocycles. The van der Waals surface area contributed by atoms with E-state index < -0.39 is 26.5 Å². The molecule has 0 saturated carbocycles. The maximum absolute atomic E-state index is 12.9. The van der Waals surface area contributed by atoms with Crippen LogP contribution in [0.3, 0.4) is 0 Å². The van der Waals surface area contributed by atoms with Crippen molar-refractivity contribution in [3.8, 4) is 11.1 Å². The molecule has 4 aromatic carbocycles. The van der Waals surface area contributed by atoms with E-state index in [1.54, 1.807) is 30.0 Å². The van der Waals surface area contributed by atoms with Crippen molar-refractivity contribution in [2.45, 2.75) is 16.7 Å². The molecule has 4 aromatic rings. The number of nitro groups is 1. The summed E-state index contributed by atoms with van der Waals surface area (Å²) in [6, 6.07) is 27.8. The van der Waals surface area contributed by atoms with Gasteiger partial charge in [-0.3, -0.25) is 14.9 Å². The van der Waals surface area contributed by atoms with E-state index in [0.29, 0.717) is 12.3 Å². The Kier molecular flexibility index (Phi) is 8.45. The molecule has 194 valence electrons. The van der Waals surface area contributed by atoms with Crippen molar-refractivity contribution in [2.24, 2.45) is 0 Å². The van der Waals surface area contributed by atoms with E-state index in [2.05, 4.69) is 5.32 Å². The van der Waals surface area contributed by atoms with Crippen LogP contribution >= 0.6 is 11.8 Å². The fraction of sp³-hybridized carbons (Fsp3) is 0.107. The van der Waals surface area contributed by atoms with Gasteiger partial charge in [0.15, 0.2) is 0 Å². The Morgan fingerprint density at radius 3 is 2.26 bits per heavy atom. The summed E-state index contributed by atoms with van der Waals surface area (Å²) >= 11 is 1.59. The van der Waals surface area contributed by atoms with Crippen molar-refractivity contribution in [2.75, 3.05) is 17.6 Å². The topological polar surface area (TPSA) is 118 Å². The summed E-state index contributed by atoms with van der Waals surface area (Å²) < 4.78 is 27.8. The number of nitro benzene ring substituents is 1. The lowest BCUT2D eigenvalue weighted by Crippen LogP contribution is -2.30. The number of amides is 1. The third-order valence-electron chi connectivity index (χ3n) is 5.71. The third kappa shape index (κ3) is 6.58. The van der Waals surface area contributed by atoms with Gasteiger partial charge in [-0.1, -0.05) is 54.6 Å². The minimum Gasteiger partial charge on any atom is -0.379 e. The second kappa shape index (κ2) is 11.9. The average Bonchev–Trinajstić information content (AvgIpc) is 2.91. The Balaban J connectivity index is 1.46. The number of anilines is 1. The lowest BCUT2D eigenvalue weighted by Gasteiger charge is -2.11. The summed E-state index contributed by atoms with van der Waals surface area (Å²) in [7, 11) is -4.35. The molecule has 0 atom stereocenters. The molecule has 0 aliphatic rings. The summed E-state index contributed by atoms with van der Waals surface area (Å²) in [5.41, 5.74) is 2.66. The first-order valence-electron chi connectivity index (χ1n) is 11.7. The first-order chi connectivity index (χ1) is 18.2. The Morgan fingerprint density at radius 1 is 0.921 bits per heavy atom. The molecule has 0 saturated heterocycles. The highest BCUT2D eigenvalue weighted by Gasteiger charge is 2.24. The van der Waals surface area contributed by atoms with E-state index >= 15 is 0 Å². The van der Waals surface area contributed by atoms with Gasteiger partial charge in [-0.25, -0.2) is 13.1 Å². The molecule has 0 fully saturated rings. The molecule has 0 aliphatic carbocycles. The number of hydrogen-bond acceptors (Lipinski definition) is 7. The van der Waals surface area contributed by atoms with Gasteiger partial charge >= 0.3 is 0 Å². The van der Waals surface area contributed by atoms with Gasteiger partial charge < -0.3 is 5.32 Å². The summed E-state index contributed by atoms with van der Waals surface area (Å²) in [5.74, 6) is -0.171. The van der Waals surface area contributed by atoms with E-state index in [0.717, 1.165) is 27.7 Å². The second-order valence-electron chi connectivity index (χ2n) is 8.35. The molecule has 0 spiro atoms. The lowest BCUT2D eigenvalue weighted by molar-refractivity contribution is -0.384. The number of carbonyl (C=O) groups excluding carboxylic acids is 1. The molecule has 0 heterocycles. The Labute approximate surface area is 225 Å². The number of carbonyl (C=O) groups is 1. The molecular formula is C28H25N3O5S2. The molecule has 4 rings (SSSR count). The molecule has 38 heavy (non-hydrogen) atoms. The SMILES string of the molecule is Cc1cc(C(=O)NS(=O)(=O)c2ccc(NCCSc3ccccc3)c([N+](=O)[O-])c2)ccc1-c1ccccc1. The van der Waals surface area contributed by atoms with E-state index in [9.17, 15) is 23.3 Å². The maximum atomic E-state index is 12.9. The van der Waals surface area contributed by atoms with E-state index in [-0.39, 0.29) is 16.1 Å². The van der Waals surface area contributed by atoms with Crippen LogP contribution < -0.4 is 10.0 Å². The summed E-state index contributed by atoms with van der Waals surface area (Å²) in [6.45, 7) is 2.27. The first kappa shape index (κ1) is 26.9. The minimum atomic E-state index is -4.35. The van der Waals surface area contributed by atoms with Crippen LogP contribution in [0, 0.1) is 17.0 Å². The fourth-order valence-electron chi connectivity index (χ4n) is 3.84. The largest absolute Gasteiger partial charge is 0.379 e. The predicted molar refractivity (Wildman–Crippen MR) is 150 cm³/mol. The fourth-order valence-corrected chi connectivity index (χ4v) is 5.62. The van der Waals surface area contributed by atoms with Gasteiger partial charge in [0.1, 0.15) is 5.69 Å². The van der Waals surface area contributed by atoms with Crippen molar-refractivity contribution in [3.63, 3.8) is 0 Å². The highest BCUT2D eigenvalue weighted by Crippen LogP contribution is 2.28. The van der Waals surface area contributed by atoms with Crippen molar-refractivity contribution in [1.82, 2.24) is 4.72 Å². The molecule has 0 aromatic heterocycles.